The molecule has 0 fully saturated rings. The quantitative estimate of drug-likeness (QED) is 0.811. The summed E-state index contributed by atoms with van der Waals surface area (Å²) in [5, 5.41) is 0. The zero-order valence-corrected chi connectivity index (χ0v) is 11.9. The van der Waals surface area contributed by atoms with Crippen LogP contribution in [-0.2, 0) is 11.3 Å². The summed E-state index contributed by atoms with van der Waals surface area (Å²) in [7, 11) is 1.52. The highest BCUT2D eigenvalue weighted by molar-refractivity contribution is 9.10. The molecule has 0 amide bonds. The Kier molecular flexibility index (Phi) is 4.52. The van der Waals surface area contributed by atoms with E-state index in [0.717, 1.165) is 10.0 Å². The van der Waals surface area contributed by atoms with Crippen molar-refractivity contribution < 1.29 is 14.3 Å². The molecule has 0 unspecified atom stereocenters. The Balaban J connectivity index is 1.99. The number of methoxy groups -OCH3 is 1. The normalized spacial score (nSPS) is 10.0. The van der Waals surface area contributed by atoms with Crippen LogP contribution in [0.4, 0.5) is 0 Å². The van der Waals surface area contributed by atoms with E-state index in [1.165, 1.54) is 13.3 Å². The Morgan fingerprint density at radius 3 is 2.68 bits per heavy atom. The summed E-state index contributed by atoms with van der Waals surface area (Å²) in [4.78, 5) is 15.8. The molecule has 0 N–H and O–H groups in total. The standard InChI is InChI=1S/C14H12BrNO3/c1-18-13-7-6-10(8-16-13)14(17)19-9-11-4-2-3-5-12(11)15/h2-8H,9H2,1H3. The van der Waals surface area contributed by atoms with E-state index in [-0.39, 0.29) is 6.61 Å². The van der Waals surface area contributed by atoms with Gasteiger partial charge in [-0.1, -0.05) is 34.1 Å². The minimum atomic E-state index is -0.411. The molecule has 0 aliphatic heterocycles. The molecule has 2 rings (SSSR count). The number of esters is 1. The summed E-state index contributed by atoms with van der Waals surface area (Å²) in [6.07, 6.45) is 1.43. The molecule has 0 saturated heterocycles. The van der Waals surface area contributed by atoms with Crippen molar-refractivity contribution in [2.45, 2.75) is 6.61 Å². The fraction of sp³-hybridized carbons (Fsp3) is 0.143. The monoisotopic (exact) mass is 321 g/mol. The van der Waals surface area contributed by atoms with E-state index in [9.17, 15) is 4.79 Å². The largest absolute Gasteiger partial charge is 0.481 e. The number of hydrogen-bond donors (Lipinski definition) is 0. The number of nitrogens with zero attached hydrogens (tertiary/aromatic N) is 1. The summed E-state index contributed by atoms with van der Waals surface area (Å²) in [5.41, 5.74) is 1.31. The van der Waals surface area contributed by atoms with Gasteiger partial charge in [0.15, 0.2) is 0 Å². The molecule has 4 nitrogen and oxygen atoms in total. The summed E-state index contributed by atoms with van der Waals surface area (Å²) in [6, 6.07) is 10.8. The number of hydrogen-bond acceptors (Lipinski definition) is 4. The first-order valence-electron chi connectivity index (χ1n) is 5.61. The number of carbonyl (C=O) groups excluding carboxylic acids is 1. The van der Waals surface area contributed by atoms with E-state index in [4.69, 9.17) is 9.47 Å². The van der Waals surface area contributed by atoms with Gasteiger partial charge >= 0.3 is 5.97 Å². The van der Waals surface area contributed by atoms with Gasteiger partial charge in [-0.3, -0.25) is 0 Å². The molecule has 1 heterocycles. The third kappa shape index (κ3) is 3.54. The number of rotatable bonds is 4. The lowest BCUT2D eigenvalue weighted by Crippen LogP contribution is -2.06. The van der Waals surface area contributed by atoms with Gasteiger partial charge < -0.3 is 9.47 Å². The van der Waals surface area contributed by atoms with Gasteiger partial charge in [-0.2, -0.15) is 0 Å². The van der Waals surface area contributed by atoms with E-state index in [1.807, 2.05) is 24.3 Å². The van der Waals surface area contributed by atoms with Crippen LogP contribution in [0.2, 0.25) is 0 Å². The van der Waals surface area contributed by atoms with E-state index in [1.54, 1.807) is 12.1 Å². The van der Waals surface area contributed by atoms with Crippen LogP contribution in [0, 0.1) is 0 Å². The van der Waals surface area contributed by atoms with Crippen molar-refractivity contribution in [3.05, 3.63) is 58.2 Å². The average molecular weight is 322 g/mol. The average Bonchev–Trinajstić information content (AvgIpc) is 2.46. The lowest BCUT2D eigenvalue weighted by atomic mass is 10.2. The number of halogens is 1. The Hall–Kier alpha value is -1.88. The molecule has 0 atom stereocenters. The fourth-order valence-electron chi connectivity index (χ4n) is 1.46. The van der Waals surface area contributed by atoms with Gasteiger partial charge in [-0.15, -0.1) is 0 Å². The second-order valence-electron chi connectivity index (χ2n) is 3.76. The maximum Gasteiger partial charge on any atom is 0.340 e. The Morgan fingerprint density at radius 2 is 2.05 bits per heavy atom. The minimum Gasteiger partial charge on any atom is -0.481 e. The molecule has 2 aromatic rings. The van der Waals surface area contributed by atoms with E-state index in [2.05, 4.69) is 20.9 Å². The number of pyridine rings is 1. The lowest BCUT2D eigenvalue weighted by molar-refractivity contribution is 0.0471. The molecule has 0 spiro atoms. The lowest BCUT2D eigenvalue weighted by Gasteiger charge is -2.06. The summed E-state index contributed by atoms with van der Waals surface area (Å²) in [5.74, 6) is 0.0493. The van der Waals surface area contributed by atoms with Crippen molar-refractivity contribution in [3.63, 3.8) is 0 Å². The van der Waals surface area contributed by atoms with Gasteiger partial charge in [0.05, 0.1) is 12.7 Å². The predicted molar refractivity (Wildman–Crippen MR) is 74.1 cm³/mol. The molecule has 1 aromatic heterocycles. The highest BCUT2D eigenvalue weighted by Gasteiger charge is 2.09. The second-order valence-corrected chi connectivity index (χ2v) is 4.61. The summed E-state index contributed by atoms with van der Waals surface area (Å²) >= 11 is 3.40. The molecular formula is C14H12BrNO3. The number of benzene rings is 1. The number of ether oxygens (including phenoxy) is 2. The van der Waals surface area contributed by atoms with Gasteiger partial charge in [0.2, 0.25) is 5.88 Å². The van der Waals surface area contributed by atoms with Gasteiger partial charge in [-0.05, 0) is 12.1 Å². The third-order valence-corrected chi connectivity index (χ3v) is 3.27. The van der Waals surface area contributed by atoms with Crippen molar-refractivity contribution in [2.24, 2.45) is 0 Å². The molecule has 0 aliphatic rings. The number of carbonyl (C=O) groups is 1. The first-order valence-corrected chi connectivity index (χ1v) is 6.40. The van der Waals surface area contributed by atoms with Gasteiger partial charge in [0.1, 0.15) is 6.61 Å². The van der Waals surface area contributed by atoms with E-state index in [0.29, 0.717) is 11.4 Å². The van der Waals surface area contributed by atoms with Crippen molar-refractivity contribution in [2.75, 3.05) is 7.11 Å². The van der Waals surface area contributed by atoms with Crippen molar-refractivity contribution in [3.8, 4) is 5.88 Å². The molecule has 5 heteroatoms. The van der Waals surface area contributed by atoms with Crippen LogP contribution >= 0.6 is 15.9 Å². The van der Waals surface area contributed by atoms with Gasteiger partial charge in [0, 0.05) is 22.3 Å². The molecule has 0 radical (unpaired) electrons. The van der Waals surface area contributed by atoms with Crippen LogP contribution < -0.4 is 4.74 Å². The molecule has 0 aliphatic carbocycles. The topological polar surface area (TPSA) is 48.4 Å². The van der Waals surface area contributed by atoms with Crippen molar-refractivity contribution >= 4 is 21.9 Å². The Morgan fingerprint density at radius 1 is 1.26 bits per heavy atom. The third-order valence-electron chi connectivity index (χ3n) is 2.50. The molecule has 1 aromatic carbocycles. The summed E-state index contributed by atoms with van der Waals surface area (Å²) in [6.45, 7) is 0.215. The SMILES string of the molecule is COc1ccc(C(=O)OCc2ccccc2Br)cn1. The molecular weight excluding hydrogens is 310 g/mol. The van der Waals surface area contributed by atoms with Crippen molar-refractivity contribution in [1.29, 1.82) is 0 Å². The van der Waals surface area contributed by atoms with E-state index < -0.39 is 5.97 Å². The van der Waals surface area contributed by atoms with E-state index >= 15 is 0 Å². The minimum absolute atomic E-state index is 0.215. The molecule has 0 bridgehead atoms. The van der Waals surface area contributed by atoms with Gasteiger partial charge in [-0.25, -0.2) is 9.78 Å². The Labute approximate surface area is 119 Å². The van der Waals surface area contributed by atoms with Crippen molar-refractivity contribution in [1.82, 2.24) is 4.98 Å². The highest BCUT2D eigenvalue weighted by atomic mass is 79.9. The van der Waals surface area contributed by atoms with Crippen LogP contribution in [0.3, 0.4) is 0 Å². The van der Waals surface area contributed by atoms with Crippen LogP contribution in [0.25, 0.3) is 0 Å². The maximum atomic E-state index is 11.8. The molecule has 0 saturated carbocycles. The first kappa shape index (κ1) is 13.5. The second kappa shape index (κ2) is 6.33. The molecule has 98 valence electrons. The molecule has 19 heavy (non-hydrogen) atoms. The fourth-order valence-corrected chi connectivity index (χ4v) is 1.86. The van der Waals surface area contributed by atoms with Crippen LogP contribution in [0.1, 0.15) is 15.9 Å². The predicted octanol–water partition coefficient (Wildman–Crippen LogP) is 3.21. The van der Waals surface area contributed by atoms with Gasteiger partial charge in [0.25, 0.3) is 0 Å². The zero-order chi connectivity index (χ0) is 13.7. The Bertz CT molecular complexity index is 569. The van der Waals surface area contributed by atoms with Crippen LogP contribution in [0.15, 0.2) is 47.1 Å². The smallest absolute Gasteiger partial charge is 0.340 e. The maximum absolute atomic E-state index is 11.8. The number of aromatic nitrogens is 1. The van der Waals surface area contributed by atoms with Crippen LogP contribution in [-0.4, -0.2) is 18.1 Å². The zero-order valence-electron chi connectivity index (χ0n) is 10.3. The first-order chi connectivity index (χ1) is 9.20. The highest BCUT2D eigenvalue weighted by Crippen LogP contribution is 2.17. The summed E-state index contributed by atoms with van der Waals surface area (Å²) < 4.78 is 11.1. The van der Waals surface area contributed by atoms with Crippen LogP contribution in [0.5, 0.6) is 5.88 Å².